The molecule has 2 bridgehead atoms. The lowest BCUT2D eigenvalue weighted by Gasteiger charge is -2.30. The average Bonchev–Trinajstić information content (AvgIpc) is 3.87. The van der Waals surface area contributed by atoms with Crippen molar-refractivity contribution in [1.29, 1.82) is 0 Å². The molecule has 1 nitrogen and oxygen atoms in total. The number of rotatable bonds is 6. The number of nitrogens with zero attached hydrogens (tertiary/aromatic N) is 1. The van der Waals surface area contributed by atoms with Gasteiger partial charge >= 0.3 is 0 Å². The summed E-state index contributed by atoms with van der Waals surface area (Å²) in [6.07, 6.45) is 6.87. The van der Waals surface area contributed by atoms with Crippen LogP contribution in [0.2, 0.25) is 0 Å². The maximum Gasteiger partial charge on any atom is 0.0465 e. The summed E-state index contributed by atoms with van der Waals surface area (Å²) < 4.78 is 0. The van der Waals surface area contributed by atoms with Crippen molar-refractivity contribution < 1.29 is 0 Å². The fourth-order valence-electron chi connectivity index (χ4n) is 10.1. The topological polar surface area (TPSA) is 3.24 Å². The van der Waals surface area contributed by atoms with Crippen LogP contribution in [0.4, 0.5) is 17.1 Å². The van der Waals surface area contributed by atoms with Crippen molar-refractivity contribution in [3.8, 4) is 33.4 Å². The third-order valence-corrected chi connectivity index (χ3v) is 12.7. The monoisotopic (exact) mass is 657 g/mol. The van der Waals surface area contributed by atoms with Crippen LogP contribution in [0.1, 0.15) is 62.6 Å². The molecule has 2 saturated carbocycles. The number of benzene rings is 7. The summed E-state index contributed by atoms with van der Waals surface area (Å²) in [5.41, 5.74) is 16.0. The van der Waals surface area contributed by atoms with Crippen LogP contribution in [-0.4, -0.2) is 0 Å². The third kappa shape index (κ3) is 4.82. The van der Waals surface area contributed by atoms with E-state index in [1.54, 1.807) is 0 Å². The molecule has 0 spiro atoms. The molecule has 7 aromatic carbocycles. The van der Waals surface area contributed by atoms with Crippen LogP contribution in [0.3, 0.4) is 0 Å². The van der Waals surface area contributed by atoms with E-state index in [2.05, 4.69) is 176 Å². The highest BCUT2D eigenvalue weighted by Gasteiger charge is 2.45. The van der Waals surface area contributed by atoms with E-state index in [1.807, 2.05) is 0 Å². The molecule has 0 amide bonds. The fourth-order valence-corrected chi connectivity index (χ4v) is 10.1. The fraction of sp³-hybridized carbons (Fsp3) is 0.200. The highest BCUT2D eigenvalue weighted by molar-refractivity contribution is 6.06. The van der Waals surface area contributed by atoms with Gasteiger partial charge in [0.05, 0.1) is 0 Å². The van der Waals surface area contributed by atoms with E-state index in [9.17, 15) is 0 Å². The molecule has 1 heteroatoms. The molecule has 0 aliphatic heterocycles. The Morgan fingerprint density at radius 1 is 0.490 bits per heavy atom. The second-order valence-electron chi connectivity index (χ2n) is 15.8. The van der Waals surface area contributed by atoms with E-state index < -0.39 is 0 Å². The van der Waals surface area contributed by atoms with Gasteiger partial charge in [0.15, 0.2) is 0 Å². The molecule has 3 aliphatic carbocycles. The van der Waals surface area contributed by atoms with E-state index in [0.29, 0.717) is 5.41 Å². The Balaban J connectivity index is 1.09. The standard InChI is InChI=1S/C50H43N/c1-49(2)46-17-7-6-14-44(46)45-27-26-41(32-47(45)49)51(40-24-20-38(21-25-40)50-30-28-34(33-50)29-31-50)39-22-18-36(19-23-39)43-16-9-13-37-12-8-15-42(48(37)43)35-10-4-3-5-11-35/h3-27,32,34H,28-31,33H2,1-2H3. The van der Waals surface area contributed by atoms with E-state index in [1.165, 1.54) is 110 Å². The van der Waals surface area contributed by atoms with Crippen molar-refractivity contribution in [2.45, 2.75) is 56.8 Å². The summed E-state index contributed by atoms with van der Waals surface area (Å²) in [6.45, 7) is 4.75. The highest BCUT2D eigenvalue weighted by atomic mass is 15.1. The zero-order valence-electron chi connectivity index (χ0n) is 29.6. The molecule has 0 aromatic heterocycles. The molecule has 3 aliphatic rings. The predicted octanol–water partition coefficient (Wildman–Crippen LogP) is 13.8. The molecular formula is C50H43N. The van der Waals surface area contributed by atoms with Gasteiger partial charge in [-0.2, -0.15) is 0 Å². The van der Waals surface area contributed by atoms with E-state index in [0.717, 1.165) is 5.92 Å². The number of hydrogen-bond acceptors (Lipinski definition) is 1. The zero-order valence-corrected chi connectivity index (χ0v) is 29.6. The summed E-state index contributed by atoms with van der Waals surface area (Å²) in [5, 5.41) is 2.56. The van der Waals surface area contributed by atoms with Crippen LogP contribution in [0.15, 0.2) is 158 Å². The Hall–Kier alpha value is -5.40. The Morgan fingerprint density at radius 2 is 1.06 bits per heavy atom. The maximum absolute atomic E-state index is 2.47. The molecule has 0 N–H and O–H groups in total. The Labute approximate surface area is 302 Å². The van der Waals surface area contributed by atoms with Gasteiger partial charge < -0.3 is 4.90 Å². The van der Waals surface area contributed by atoms with Crippen molar-refractivity contribution >= 4 is 27.8 Å². The minimum absolute atomic E-state index is 0.0627. The first-order valence-corrected chi connectivity index (χ1v) is 18.8. The number of hydrogen-bond donors (Lipinski definition) is 0. The quantitative estimate of drug-likeness (QED) is 0.172. The van der Waals surface area contributed by atoms with E-state index in [-0.39, 0.29) is 5.41 Å². The summed E-state index contributed by atoms with van der Waals surface area (Å²) >= 11 is 0. The molecule has 0 atom stereocenters. The van der Waals surface area contributed by atoms with Gasteiger partial charge in [-0.05, 0) is 141 Å². The molecule has 0 heterocycles. The number of fused-ring (bicyclic) bond motifs is 6. The lowest BCUT2D eigenvalue weighted by molar-refractivity contribution is 0.419. The summed E-state index contributed by atoms with van der Waals surface area (Å²) in [5.74, 6) is 0.934. The van der Waals surface area contributed by atoms with Crippen LogP contribution < -0.4 is 4.90 Å². The lowest BCUT2D eigenvalue weighted by atomic mass is 9.78. The van der Waals surface area contributed by atoms with Gasteiger partial charge in [-0.15, -0.1) is 0 Å². The first-order chi connectivity index (χ1) is 25.0. The van der Waals surface area contributed by atoms with Gasteiger partial charge in [-0.1, -0.05) is 135 Å². The molecule has 0 radical (unpaired) electrons. The maximum atomic E-state index is 2.47. The average molecular weight is 658 g/mol. The van der Waals surface area contributed by atoms with Gasteiger partial charge in [-0.3, -0.25) is 0 Å². The predicted molar refractivity (Wildman–Crippen MR) is 215 cm³/mol. The Bertz CT molecular complexity index is 2400. The SMILES string of the molecule is CC1(C)c2ccccc2-c2ccc(N(c3ccc(-c4cccc5cccc(-c6ccccc6)c45)cc3)c3ccc(C45CCC(CC4)C5)cc3)cc21. The molecular weight excluding hydrogens is 615 g/mol. The molecule has 10 rings (SSSR count). The van der Waals surface area contributed by atoms with Crippen molar-refractivity contribution in [3.63, 3.8) is 0 Å². The molecule has 248 valence electrons. The van der Waals surface area contributed by atoms with Crippen molar-refractivity contribution in [1.82, 2.24) is 0 Å². The molecule has 7 aromatic rings. The molecule has 51 heavy (non-hydrogen) atoms. The zero-order chi connectivity index (χ0) is 34.2. The van der Waals surface area contributed by atoms with Crippen LogP contribution in [0.5, 0.6) is 0 Å². The van der Waals surface area contributed by atoms with Gasteiger partial charge in [0.1, 0.15) is 0 Å². The van der Waals surface area contributed by atoms with Crippen LogP contribution in [0.25, 0.3) is 44.2 Å². The third-order valence-electron chi connectivity index (χ3n) is 12.7. The molecule has 2 fully saturated rings. The first-order valence-electron chi connectivity index (χ1n) is 18.8. The van der Waals surface area contributed by atoms with Gasteiger partial charge in [0.25, 0.3) is 0 Å². The van der Waals surface area contributed by atoms with Gasteiger partial charge in [0.2, 0.25) is 0 Å². The van der Waals surface area contributed by atoms with Crippen molar-refractivity contribution in [2.24, 2.45) is 5.92 Å². The van der Waals surface area contributed by atoms with Gasteiger partial charge in [0, 0.05) is 22.5 Å². The van der Waals surface area contributed by atoms with Gasteiger partial charge in [-0.25, -0.2) is 0 Å². The minimum atomic E-state index is -0.0627. The highest BCUT2D eigenvalue weighted by Crippen LogP contribution is 2.56. The summed E-state index contributed by atoms with van der Waals surface area (Å²) in [4.78, 5) is 2.47. The smallest absolute Gasteiger partial charge is 0.0465 e. The first kappa shape index (κ1) is 30.4. The molecule has 0 saturated heterocycles. The van der Waals surface area contributed by atoms with E-state index in [4.69, 9.17) is 0 Å². The largest absolute Gasteiger partial charge is 0.310 e. The van der Waals surface area contributed by atoms with Crippen molar-refractivity contribution in [3.05, 3.63) is 174 Å². The van der Waals surface area contributed by atoms with Crippen molar-refractivity contribution in [2.75, 3.05) is 4.90 Å². The van der Waals surface area contributed by atoms with Crippen LogP contribution in [0, 0.1) is 5.92 Å². The summed E-state index contributed by atoms with van der Waals surface area (Å²) in [7, 11) is 0. The second-order valence-corrected chi connectivity index (χ2v) is 15.8. The normalized spacial score (nSPS) is 19.6. The Morgan fingerprint density at radius 3 is 1.73 bits per heavy atom. The summed E-state index contributed by atoms with van der Waals surface area (Å²) in [6, 6.07) is 59.1. The second kappa shape index (κ2) is 11.6. The van der Waals surface area contributed by atoms with Crippen LogP contribution in [-0.2, 0) is 10.8 Å². The minimum Gasteiger partial charge on any atom is -0.310 e. The van der Waals surface area contributed by atoms with Crippen LogP contribution >= 0.6 is 0 Å². The van der Waals surface area contributed by atoms with E-state index >= 15 is 0 Å². The number of anilines is 3. The lowest BCUT2D eigenvalue weighted by Crippen LogP contribution is -2.19. The Kier molecular flexibility index (Phi) is 6.90. The molecule has 0 unspecified atom stereocenters.